The number of carboxylic acid groups (broad SMARTS) is 1. The Morgan fingerprint density at radius 1 is 1.30 bits per heavy atom. The molecule has 0 spiro atoms. The van der Waals surface area contributed by atoms with Crippen LogP contribution in [0.1, 0.15) is 42.9 Å². The third kappa shape index (κ3) is 4.79. The molecule has 0 saturated carbocycles. The number of hydrogen-bond acceptors (Lipinski definition) is 3. The Morgan fingerprint density at radius 2 is 2.15 bits per heavy atom. The van der Waals surface area contributed by atoms with Crippen LogP contribution in [0.15, 0.2) is 36.4 Å². The molecule has 2 aromatic rings. The molecule has 2 N–H and O–H groups in total. The van der Waals surface area contributed by atoms with Crippen molar-refractivity contribution in [3.63, 3.8) is 0 Å². The highest BCUT2D eigenvalue weighted by Crippen LogP contribution is 2.35. The maximum Gasteiger partial charge on any atom is 0.303 e. The van der Waals surface area contributed by atoms with Gasteiger partial charge in [0, 0.05) is 26.1 Å². The number of carbonyl (C=O) groups is 1. The van der Waals surface area contributed by atoms with Crippen molar-refractivity contribution in [3.8, 4) is 0 Å². The van der Waals surface area contributed by atoms with E-state index in [-0.39, 0.29) is 18.7 Å². The van der Waals surface area contributed by atoms with E-state index in [4.69, 9.17) is 5.11 Å². The van der Waals surface area contributed by atoms with Crippen molar-refractivity contribution in [1.29, 1.82) is 0 Å². The highest BCUT2D eigenvalue weighted by atomic mass is 19.1. The van der Waals surface area contributed by atoms with Crippen LogP contribution < -0.4 is 10.2 Å². The smallest absolute Gasteiger partial charge is 0.303 e. The molecule has 4 nitrogen and oxygen atoms in total. The first kappa shape index (κ1) is 19.2. The molecule has 144 valence electrons. The third-order valence-electron chi connectivity index (χ3n) is 5.01. The molecular weight excluding hydrogens is 343 g/mol. The molecule has 0 saturated heterocycles. The van der Waals surface area contributed by atoms with Crippen LogP contribution in [0.4, 0.5) is 15.8 Å². The number of aliphatic carboxylic acids is 1. The van der Waals surface area contributed by atoms with Crippen molar-refractivity contribution >= 4 is 17.3 Å². The molecule has 0 aromatic heterocycles. The number of benzene rings is 2. The zero-order valence-corrected chi connectivity index (χ0v) is 15.8. The number of para-hydroxylation sites is 1. The fraction of sp³-hybridized carbons (Fsp3) is 0.409. The Bertz CT molecular complexity index is 807. The second-order valence-corrected chi connectivity index (χ2v) is 7.08. The maximum absolute atomic E-state index is 14.2. The zero-order chi connectivity index (χ0) is 19.2. The molecule has 0 radical (unpaired) electrons. The lowest BCUT2D eigenvalue weighted by atomic mass is 10.00. The summed E-state index contributed by atoms with van der Waals surface area (Å²) in [5.41, 5.74) is 5.05. The lowest BCUT2D eigenvalue weighted by molar-refractivity contribution is -0.136. The van der Waals surface area contributed by atoms with E-state index in [0.717, 1.165) is 37.2 Å². The van der Waals surface area contributed by atoms with Gasteiger partial charge in [-0.15, -0.1) is 0 Å². The van der Waals surface area contributed by atoms with Crippen LogP contribution in [0.2, 0.25) is 0 Å². The minimum Gasteiger partial charge on any atom is -0.481 e. The molecule has 27 heavy (non-hydrogen) atoms. The molecule has 1 heterocycles. The number of nitrogens with one attached hydrogen (secondary N) is 1. The van der Waals surface area contributed by atoms with Gasteiger partial charge in [-0.3, -0.25) is 4.79 Å². The van der Waals surface area contributed by atoms with Gasteiger partial charge in [0.1, 0.15) is 5.82 Å². The van der Waals surface area contributed by atoms with Crippen molar-refractivity contribution in [2.75, 3.05) is 23.3 Å². The highest BCUT2D eigenvalue weighted by Gasteiger charge is 2.19. The van der Waals surface area contributed by atoms with Gasteiger partial charge in [0.25, 0.3) is 0 Å². The van der Waals surface area contributed by atoms with E-state index in [1.165, 1.54) is 23.7 Å². The molecular formula is C22H27FN2O2. The monoisotopic (exact) mass is 370 g/mol. The van der Waals surface area contributed by atoms with Gasteiger partial charge >= 0.3 is 5.97 Å². The van der Waals surface area contributed by atoms with Crippen LogP contribution in [-0.4, -0.2) is 24.2 Å². The van der Waals surface area contributed by atoms with Crippen molar-refractivity contribution < 1.29 is 14.3 Å². The predicted octanol–water partition coefficient (Wildman–Crippen LogP) is 4.62. The Kier molecular flexibility index (Phi) is 6.32. The molecule has 1 aliphatic rings. The number of carboxylic acids is 1. The molecule has 0 fully saturated rings. The molecule has 0 amide bonds. The van der Waals surface area contributed by atoms with Crippen LogP contribution in [-0.2, 0) is 24.2 Å². The van der Waals surface area contributed by atoms with Crippen molar-refractivity contribution in [2.24, 2.45) is 0 Å². The molecule has 3 rings (SSSR count). The van der Waals surface area contributed by atoms with E-state index < -0.39 is 5.97 Å². The average molecular weight is 370 g/mol. The third-order valence-corrected chi connectivity index (χ3v) is 5.01. The van der Waals surface area contributed by atoms with Crippen LogP contribution in [0.5, 0.6) is 0 Å². The van der Waals surface area contributed by atoms with Crippen LogP contribution in [0.3, 0.4) is 0 Å². The summed E-state index contributed by atoms with van der Waals surface area (Å²) in [6, 6.07) is 11.4. The minimum atomic E-state index is -0.911. The minimum absolute atomic E-state index is 0.0576. The van der Waals surface area contributed by atoms with E-state index in [2.05, 4.69) is 35.3 Å². The Hall–Kier alpha value is -2.56. The fourth-order valence-corrected chi connectivity index (χ4v) is 3.72. The summed E-state index contributed by atoms with van der Waals surface area (Å²) in [5, 5.41) is 12.2. The highest BCUT2D eigenvalue weighted by molar-refractivity contribution is 5.75. The number of fused-ring (bicyclic) bond motifs is 1. The summed E-state index contributed by atoms with van der Waals surface area (Å²) in [7, 11) is 0. The van der Waals surface area contributed by atoms with Crippen molar-refractivity contribution in [1.82, 2.24) is 0 Å². The number of anilines is 2. The number of halogens is 1. The van der Waals surface area contributed by atoms with Gasteiger partial charge in [-0.05, 0) is 54.5 Å². The first-order chi connectivity index (χ1) is 13.1. The summed E-state index contributed by atoms with van der Waals surface area (Å²) < 4.78 is 14.2. The van der Waals surface area contributed by atoms with Crippen LogP contribution in [0, 0.1) is 5.82 Å². The van der Waals surface area contributed by atoms with Gasteiger partial charge in [0.15, 0.2) is 0 Å². The molecule has 0 bridgehead atoms. The number of hydrogen-bond donors (Lipinski definition) is 2. The molecule has 0 aliphatic carbocycles. The van der Waals surface area contributed by atoms with Gasteiger partial charge < -0.3 is 15.3 Å². The van der Waals surface area contributed by atoms with Gasteiger partial charge in [-0.25, -0.2) is 4.39 Å². The summed E-state index contributed by atoms with van der Waals surface area (Å²) in [5.74, 6) is -1.25. The summed E-state index contributed by atoms with van der Waals surface area (Å²) >= 11 is 0. The van der Waals surface area contributed by atoms with Crippen LogP contribution >= 0.6 is 0 Å². The van der Waals surface area contributed by atoms with E-state index in [1.54, 1.807) is 6.07 Å². The molecule has 1 aliphatic heterocycles. The van der Waals surface area contributed by atoms with E-state index in [9.17, 15) is 9.18 Å². The normalized spacial score (nSPS) is 13.3. The van der Waals surface area contributed by atoms with E-state index in [0.29, 0.717) is 12.1 Å². The lowest BCUT2D eigenvalue weighted by Crippen LogP contribution is -2.30. The quantitative estimate of drug-likeness (QED) is 0.712. The standard InChI is InChI=1S/C22H27FN2O2/c1-2-12-25-13-4-6-18-5-3-7-20(22(18)25)24-15-16-8-9-17(19(23)14-16)10-11-21(26)27/h3,5,7-9,14,24H,2,4,6,10-13,15H2,1H3,(H,26,27). The number of rotatable bonds is 8. The first-order valence-electron chi connectivity index (χ1n) is 9.68. The number of nitrogens with zero attached hydrogens (tertiary/aromatic N) is 1. The van der Waals surface area contributed by atoms with Gasteiger partial charge in [0.05, 0.1) is 11.4 Å². The molecule has 0 atom stereocenters. The Labute approximate surface area is 160 Å². The number of aryl methyl sites for hydroxylation is 2. The zero-order valence-electron chi connectivity index (χ0n) is 15.8. The summed E-state index contributed by atoms with van der Waals surface area (Å²) in [4.78, 5) is 13.1. The first-order valence-corrected chi connectivity index (χ1v) is 9.68. The lowest BCUT2D eigenvalue weighted by Gasteiger charge is -2.33. The summed E-state index contributed by atoms with van der Waals surface area (Å²) in [6.45, 7) is 4.84. The van der Waals surface area contributed by atoms with E-state index in [1.807, 2.05) is 6.07 Å². The second kappa shape index (κ2) is 8.89. The largest absolute Gasteiger partial charge is 0.481 e. The van der Waals surface area contributed by atoms with Gasteiger partial charge in [-0.1, -0.05) is 31.2 Å². The predicted molar refractivity (Wildman–Crippen MR) is 107 cm³/mol. The Morgan fingerprint density at radius 3 is 2.89 bits per heavy atom. The van der Waals surface area contributed by atoms with Crippen molar-refractivity contribution in [3.05, 3.63) is 58.9 Å². The summed E-state index contributed by atoms with van der Waals surface area (Å²) in [6.07, 6.45) is 3.54. The van der Waals surface area contributed by atoms with E-state index >= 15 is 0 Å². The second-order valence-electron chi connectivity index (χ2n) is 7.08. The van der Waals surface area contributed by atoms with Gasteiger partial charge in [0.2, 0.25) is 0 Å². The Balaban J connectivity index is 1.72. The fourth-order valence-electron chi connectivity index (χ4n) is 3.72. The molecule has 2 aromatic carbocycles. The molecule has 5 heteroatoms. The SMILES string of the molecule is CCCN1CCCc2cccc(NCc3ccc(CCC(=O)O)c(F)c3)c21. The van der Waals surface area contributed by atoms with Crippen molar-refractivity contribution in [2.45, 2.75) is 45.6 Å². The molecule has 0 unspecified atom stereocenters. The van der Waals surface area contributed by atoms with Crippen LogP contribution in [0.25, 0.3) is 0 Å². The topological polar surface area (TPSA) is 52.6 Å². The van der Waals surface area contributed by atoms with Gasteiger partial charge in [-0.2, -0.15) is 0 Å². The average Bonchev–Trinajstić information content (AvgIpc) is 2.66. The maximum atomic E-state index is 14.2.